The van der Waals surface area contributed by atoms with Crippen molar-refractivity contribution in [3.8, 4) is 50.6 Å². The maximum Gasteiger partial charge on any atom is 0.136 e. The fraction of sp³-hybridized carbons (Fsp3) is 0.172. The molecule has 364 valence electrons. The van der Waals surface area contributed by atoms with Gasteiger partial charge in [-0.05, 0) is 129 Å². The Morgan fingerprint density at radius 2 is 0.889 bits per heavy atom. The summed E-state index contributed by atoms with van der Waals surface area (Å²) in [5.74, 6) is 2.98. The van der Waals surface area contributed by atoms with E-state index in [0.29, 0.717) is 25.3 Å². The van der Waals surface area contributed by atoms with Crippen molar-refractivity contribution in [3.63, 3.8) is 0 Å². The lowest BCUT2D eigenvalue weighted by atomic mass is 10.0. The van der Waals surface area contributed by atoms with Crippen molar-refractivity contribution < 1.29 is 9.13 Å². The Balaban J connectivity index is 0.000000147. The van der Waals surface area contributed by atoms with E-state index in [-0.39, 0.29) is 5.82 Å². The number of pyridine rings is 6. The molecular formula is C58H59FN12O. The number of hydrogen-bond donors (Lipinski definition) is 6. The zero-order valence-electron chi connectivity index (χ0n) is 40.3. The van der Waals surface area contributed by atoms with E-state index >= 15 is 0 Å². The number of aromatic nitrogens is 6. The van der Waals surface area contributed by atoms with E-state index in [4.69, 9.17) is 36.9 Å². The number of hydrogen-bond acceptors (Lipinski definition) is 13. The molecule has 4 aromatic carbocycles. The number of nitrogens with zero attached hydrogens (tertiary/aromatic N) is 6. The van der Waals surface area contributed by atoms with Gasteiger partial charge in [0.05, 0.1) is 40.7 Å². The number of rotatable bonds is 17. The largest absolute Gasteiger partial charge is 0.497 e. The number of halogens is 1. The van der Waals surface area contributed by atoms with Crippen LogP contribution >= 0.6 is 0 Å². The first-order valence-corrected chi connectivity index (χ1v) is 24.1. The van der Waals surface area contributed by atoms with Crippen molar-refractivity contribution in [1.82, 2.24) is 29.9 Å². The highest BCUT2D eigenvalue weighted by atomic mass is 19.1. The molecule has 72 heavy (non-hydrogen) atoms. The highest BCUT2D eigenvalue weighted by Gasteiger charge is 2.13. The quantitative estimate of drug-likeness (QED) is 0.0471. The molecule has 0 saturated carbocycles. The number of anilines is 3. The maximum atomic E-state index is 13.4. The van der Waals surface area contributed by atoms with Gasteiger partial charge in [-0.15, -0.1) is 0 Å². The number of nitrogens with two attached hydrogens (primary N) is 3. The fourth-order valence-electron chi connectivity index (χ4n) is 7.85. The Morgan fingerprint density at radius 1 is 0.431 bits per heavy atom. The lowest BCUT2D eigenvalue weighted by molar-refractivity contribution is 0.415. The smallest absolute Gasteiger partial charge is 0.136 e. The van der Waals surface area contributed by atoms with Crippen LogP contribution in [0.2, 0.25) is 0 Å². The molecule has 0 amide bonds. The third kappa shape index (κ3) is 13.0. The second-order valence-electron chi connectivity index (χ2n) is 16.7. The van der Waals surface area contributed by atoms with Crippen LogP contribution in [0.25, 0.3) is 77.6 Å². The molecule has 0 spiro atoms. The van der Waals surface area contributed by atoms with Gasteiger partial charge in [-0.25, -0.2) is 19.3 Å². The molecule has 0 aliphatic carbocycles. The molecule has 10 aromatic rings. The lowest BCUT2D eigenvalue weighted by Gasteiger charge is -2.13. The van der Waals surface area contributed by atoms with Crippen LogP contribution in [0.5, 0.6) is 5.75 Å². The predicted molar refractivity (Wildman–Crippen MR) is 293 cm³/mol. The topological polar surface area (TPSA) is 201 Å². The van der Waals surface area contributed by atoms with Crippen molar-refractivity contribution in [2.24, 2.45) is 17.2 Å². The van der Waals surface area contributed by atoms with E-state index in [2.05, 4.69) is 61.2 Å². The van der Waals surface area contributed by atoms with Gasteiger partial charge in [0.2, 0.25) is 0 Å². The van der Waals surface area contributed by atoms with Gasteiger partial charge in [0.1, 0.15) is 29.0 Å². The molecule has 9 N–H and O–H groups in total. The van der Waals surface area contributed by atoms with Crippen LogP contribution in [0.1, 0.15) is 19.3 Å². The van der Waals surface area contributed by atoms with Gasteiger partial charge in [0.25, 0.3) is 0 Å². The maximum absolute atomic E-state index is 13.4. The lowest BCUT2D eigenvalue weighted by Crippen LogP contribution is -2.10. The Hall–Kier alpha value is -8.43. The van der Waals surface area contributed by atoms with E-state index in [1.807, 2.05) is 115 Å². The van der Waals surface area contributed by atoms with Crippen molar-refractivity contribution in [2.45, 2.75) is 19.3 Å². The van der Waals surface area contributed by atoms with Crippen LogP contribution in [-0.2, 0) is 0 Å². The summed E-state index contributed by atoms with van der Waals surface area (Å²) in [5.41, 5.74) is 27.0. The zero-order chi connectivity index (χ0) is 49.9. The fourth-order valence-corrected chi connectivity index (χ4v) is 7.85. The normalized spacial score (nSPS) is 10.8. The standard InChI is InChI=1S/C24H24N4O.C17H17FN4.C17H18N4/c1-29-20-10-8-18(9-11-20)22-15-23-21(24(28-22)26-13-5-12-25)14-19(16-27-23)17-6-3-2-4-7-17;18-13-5-1-4-12(10-13)15-11-16-14(6-2-8-20-16)17(22-15)21-9-3-7-19;18-9-5-11-20-17-14-8-4-10-19-16(14)12-15(21-17)13-6-2-1-3-7-13/h2-4,6-11,14-16H,5,12-13,25H2,1H3,(H,26,28);1-2,4-6,8,10-11H,3,7,9,19H2,(H,21,22);1-4,6-8,10,12H,5,9,11,18H2,(H,20,21). The number of benzene rings is 4. The number of nitrogens with one attached hydrogen (secondary N) is 3. The molecule has 0 fully saturated rings. The van der Waals surface area contributed by atoms with Crippen molar-refractivity contribution in [1.29, 1.82) is 0 Å². The molecule has 0 aliphatic heterocycles. The van der Waals surface area contributed by atoms with Crippen LogP contribution in [0.4, 0.5) is 21.8 Å². The summed E-state index contributed by atoms with van der Waals surface area (Å²) in [4.78, 5) is 27.8. The third-order valence-electron chi connectivity index (χ3n) is 11.6. The molecule has 0 bridgehead atoms. The first kappa shape index (κ1) is 50.0. The van der Waals surface area contributed by atoms with Gasteiger partial charge in [0, 0.05) is 76.6 Å². The molecule has 6 aromatic heterocycles. The Morgan fingerprint density at radius 3 is 1.39 bits per heavy atom. The monoisotopic (exact) mass is 958 g/mol. The van der Waals surface area contributed by atoms with Gasteiger partial charge in [-0.1, -0.05) is 72.8 Å². The summed E-state index contributed by atoms with van der Waals surface area (Å²) in [6, 6.07) is 50.6. The molecule has 14 heteroatoms. The number of fused-ring (bicyclic) bond motifs is 3. The molecule has 13 nitrogen and oxygen atoms in total. The number of methoxy groups -OCH3 is 1. The average Bonchev–Trinajstić information content (AvgIpc) is 3.43. The second-order valence-corrected chi connectivity index (χ2v) is 16.7. The zero-order valence-corrected chi connectivity index (χ0v) is 40.3. The van der Waals surface area contributed by atoms with E-state index < -0.39 is 0 Å². The minimum atomic E-state index is -0.280. The van der Waals surface area contributed by atoms with Crippen LogP contribution in [0, 0.1) is 5.82 Å². The van der Waals surface area contributed by atoms with Gasteiger partial charge in [-0.2, -0.15) is 0 Å². The minimum Gasteiger partial charge on any atom is -0.497 e. The Bertz CT molecular complexity index is 3310. The van der Waals surface area contributed by atoms with E-state index in [1.54, 1.807) is 25.6 Å². The van der Waals surface area contributed by atoms with E-state index in [9.17, 15) is 4.39 Å². The summed E-state index contributed by atoms with van der Waals surface area (Å²) in [6.07, 6.45) is 8.11. The Labute approximate surface area is 419 Å². The first-order valence-electron chi connectivity index (χ1n) is 24.1. The SMILES string of the molecule is COc1ccc(-c2cc3ncc(-c4ccccc4)cc3c(NCCCN)n2)cc1.NCCCNc1nc(-c2cccc(F)c2)cc2ncccc12.NCCCNc1nc(-c2ccccc2)cc2ncccc12. The third-order valence-corrected chi connectivity index (χ3v) is 11.6. The summed E-state index contributed by atoms with van der Waals surface area (Å²) < 4.78 is 18.7. The minimum absolute atomic E-state index is 0.280. The molecule has 0 saturated heterocycles. The molecule has 6 heterocycles. The highest BCUT2D eigenvalue weighted by molar-refractivity contribution is 5.95. The second kappa shape index (κ2) is 25.4. The molecule has 0 radical (unpaired) electrons. The van der Waals surface area contributed by atoms with Gasteiger partial charge < -0.3 is 37.9 Å². The van der Waals surface area contributed by atoms with Gasteiger partial charge in [-0.3, -0.25) is 15.0 Å². The Kier molecular flexibility index (Phi) is 17.7. The molecular weight excluding hydrogens is 900 g/mol. The summed E-state index contributed by atoms with van der Waals surface area (Å²) in [7, 11) is 1.66. The van der Waals surface area contributed by atoms with Crippen LogP contribution in [0.3, 0.4) is 0 Å². The number of ether oxygens (including phenoxy) is 1. The molecule has 0 atom stereocenters. The van der Waals surface area contributed by atoms with Crippen LogP contribution < -0.4 is 37.9 Å². The van der Waals surface area contributed by atoms with Gasteiger partial charge >= 0.3 is 0 Å². The van der Waals surface area contributed by atoms with E-state index in [0.717, 1.165) is 134 Å². The van der Waals surface area contributed by atoms with Crippen molar-refractivity contribution in [2.75, 3.05) is 62.3 Å². The molecule has 0 aliphatic rings. The van der Waals surface area contributed by atoms with Crippen LogP contribution in [0.15, 0.2) is 176 Å². The first-order chi connectivity index (χ1) is 35.4. The van der Waals surface area contributed by atoms with Gasteiger partial charge in [0.15, 0.2) is 0 Å². The highest BCUT2D eigenvalue weighted by Crippen LogP contribution is 2.32. The van der Waals surface area contributed by atoms with E-state index in [1.165, 1.54) is 12.1 Å². The molecule has 10 rings (SSSR count). The summed E-state index contributed by atoms with van der Waals surface area (Å²) in [6.45, 7) is 4.23. The van der Waals surface area contributed by atoms with Crippen LogP contribution in [-0.4, -0.2) is 76.3 Å². The summed E-state index contributed by atoms with van der Waals surface area (Å²) >= 11 is 0. The van der Waals surface area contributed by atoms with Crippen molar-refractivity contribution in [3.05, 3.63) is 182 Å². The predicted octanol–water partition coefficient (Wildman–Crippen LogP) is 11.0. The average molecular weight is 959 g/mol. The molecule has 0 unspecified atom stereocenters. The summed E-state index contributed by atoms with van der Waals surface area (Å²) in [5, 5.41) is 13.1. The van der Waals surface area contributed by atoms with Crippen molar-refractivity contribution >= 4 is 50.2 Å².